The standard InChI is InChI=1S/C22H24N7O8P/c1-3-22(7-6-16(37-22)28-8-13(2)20(30)27-21(28)31)10-35-38(32,33)34-9-14-4-5-15(36-14)29-12-26-17-18(23)24-11-25-19(17)29/h1,6-8,11-12,14-16H,4-5,9-10H2,2H3,(H,32,33)(H2,23,24,25)(H,27,30,31)/t14-,15+,16-,22+/m1/s1. The molecule has 200 valence electrons. The summed E-state index contributed by atoms with van der Waals surface area (Å²) in [4.78, 5) is 48.5. The van der Waals surface area contributed by atoms with Gasteiger partial charge in [-0.15, -0.1) is 6.42 Å². The van der Waals surface area contributed by atoms with Gasteiger partial charge in [0.2, 0.25) is 0 Å². The van der Waals surface area contributed by atoms with Gasteiger partial charge in [0.05, 0.1) is 19.0 Å². The number of fused-ring (bicyclic) bond motifs is 1. The Bertz CT molecular complexity index is 1610. The van der Waals surface area contributed by atoms with E-state index in [1.807, 2.05) is 0 Å². The Kier molecular flexibility index (Phi) is 6.78. The van der Waals surface area contributed by atoms with Crippen molar-refractivity contribution >= 4 is 24.8 Å². The Labute approximate surface area is 214 Å². The zero-order valence-electron chi connectivity index (χ0n) is 20.1. The number of ether oxygens (including phenoxy) is 2. The predicted molar refractivity (Wildman–Crippen MR) is 131 cm³/mol. The number of rotatable bonds is 8. The van der Waals surface area contributed by atoms with Gasteiger partial charge in [0.15, 0.2) is 23.3 Å². The third-order valence-electron chi connectivity index (χ3n) is 6.17. The second kappa shape index (κ2) is 9.91. The van der Waals surface area contributed by atoms with Gasteiger partial charge < -0.3 is 20.1 Å². The van der Waals surface area contributed by atoms with E-state index in [1.165, 1.54) is 31.6 Å². The number of phosphoric acid groups is 1. The third-order valence-corrected chi connectivity index (χ3v) is 7.10. The number of phosphoric ester groups is 1. The minimum atomic E-state index is -4.56. The molecule has 0 aliphatic carbocycles. The molecule has 4 N–H and O–H groups in total. The van der Waals surface area contributed by atoms with Gasteiger partial charge in [-0.05, 0) is 31.9 Å². The van der Waals surface area contributed by atoms with Crippen LogP contribution in [0, 0.1) is 19.3 Å². The van der Waals surface area contributed by atoms with E-state index in [0.717, 1.165) is 4.57 Å². The number of nitrogens with one attached hydrogen (secondary N) is 1. The van der Waals surface area contributed by atoms with Crippen LogP contribution in [0.4, 0.5) is 5.82 Å². The molecule has 5 heterocycles. The molecule has 0 spiro atoms. The van der Waals surface area contributed by atoms with E-state index in [0.29, 0.717) is 29.6 Å². The minimum absolute atomic E-state index is 0.220. The lowest BCUT2D eigenvalue weighted by molar-refractivity contribution is -0.0547. The number of nitrogens with two attached hydrogens (primary N) is 1. The second-order valence-electron chi connectivity index (χ2n) is 8.79. The summed E-state index contributed by atoms with van der Waals surface area (Å²) in [5.74, 6) is 2.62. The fourth-order valence-electron chi connectivity index (χ4n) is 4.15. The summed E-state index contributed by atoms with van der Waals surface area (Å²) in [7, 11) is -4.56. The van der Waals surface area contributed by atoms with Crippen LogP contribution in [-0.4, -0.2) is 58.9 Å². The van der Waals surface area contributed by atoms with E-state index in [4.69, 9.17) is 30.7 Å². The van der Waals surface area contributed by atoms with Crippen molar-refractivity contribution < 1.29 is 28.0 Å². The number of nitrogens with zero attached hydrogens (tertiary/aromatic N) is 5. The molecule has 5 rings (SSSR count). The van der Waals surface area contributed by atoms with Gasteiger partial charge in [0.1, 0.15) is 24.7 Å². The molecule has 2 aliphatic heterocycles. The summed E-state index contributed by atoms with van der Waals surface area (Å²) in [5.41, 5.74) is 4.32. The van der Waals surface area contributed by atoms with E-state index >= 15 is 0 Å². The molecular weight excluding hydrogens is 521 g/mol. The summed E-state index contributed by atoms with van der Waals surface area (Å²) in [5, 5.41) is 0. The van der Waals surface area contributed by atoms with Crippen LogP contribution in [0.5, 0.6) is 0 Å². The molecular formula is C22H24N7O8P. The average molecular weight is 545 g/mol. The summed E-state index contributed by atoms with van der Waals surface area (Å²) in [6.07, 6.45) is 12.0. The molecule has 15 nitrogen and oxygen atoms in total. The van der Waals surface area contributed by atoms with Gasteiger partial charge in [0.25, 0.3) is 5.56 Å². The van der Waals surface area contributed by atoms with Crippen LogP contribution in [0.1, 0.15) is 30.9 Å². The molecule has 1 unspecified atom stereocenters. The third kappa shape index (κ3) is 5.05. The van der Waals surface area contributed by atoms with Crippen molar-refractivity contribution in [3.63, 3.8) is 0 Å². The Morgan fingerprint density at radius 1 is 1.32 bits per heavy atom. The lowest BCUT2D eigenvalue weighted by atomic mass is 10.1. The van der Waals surface area contributed by atoms with E-state index in [9.17, 15) is 19.0 Å². The van der Waals surface area contributed by atoms with Gasteiger partial charge in [-0.1, -0.05) is 5.92 Å². The largest absolute Gasteiger partial charge is 0.472 e. The maximum Gasteiger partial charge on any atom is 0.472 e. The van der Waals surface area contributed by atoms with Crippen molar-refractivity contribution in [2.75, 3.05) is 18.9 Å². The highest BCUT2D eigenvalue weighted by Crippen LogP contribution is 2.46. The van der Waals surface area contributed by atoms with Crippen molar-refractivity contribution in [3.05, 3.63) is 57.4 Å². The van der Waals surface area contributed by atoms with E-state index in [1.54, 1.807) is 10.9 Å². The Morgan fingerprint density at radius 2 is 2.13 bits per heavy atom. The molecule has 2 aliphatic rings. The number of nitrogen functional groups attached to an aromatic ring is 1. The highest BCUT2D eigenvalue weighted by atomic mass is 31.2. The molecule has 38 heavy (non-hydrogen) atoms. The topological polar surface area (TPSA) is 199 Å². The zero-order chi connectivity index (χ0) is 27.1. The Morgan fingerprint density at radius 3 is 2.92 bits per heavy atom. The average Bonchev–Trinajstić information content (AvgIpc) is 3.63. The first kappa shape index (κ1) is 26.0. The number of aromatic nitrogens is 6. The lowest BCUT2D eigenvalue weighted by Gasteiger charge is -2.25. The number of hydrogen-bond acceptors (Lipinski definition) is 11. The number of aryl methyl sites for hydroxylation is 1. The van der Waals surface area contributed by atoms with Crippen molar-refractivity contribution in [1.29, 1.82) is 0 Å². The Balaban J connectivity index is 1.16. The molecule has 0 saturated carbocycles. The van der Waals surface area contributed by atoms with Crippen molar-refractivity contribution in [2.24, 2.45) is 0 Å². The van der Waals surface area contributed by atoms with Crippen molar-refractivity contribution in [1.82, 2.24) is 29.1 Å². The van der Waals surface area contributed by atoms with Crippen molar-refractivity contribution in [3.8, 4) is 12.3 Å². The zero-order valence-corrected chi connectivity index (χ0v) is 21.0. The first-order chi connectivity index (χ1) is 18.1. The normalized spacial score (nSPS) is 26.5. The highest BCUT2D eigenvalue weighted by Gasteiger charge is 2.39. The summed E-state index contributed by atoms with van der Waals surface area (Å²) in [6, 6.07) is 0. The molecule has 1 saturated heterocycles. The first-order valence-corrected chi connectivity index (χ1v) is 13.0. The molecule has 1 fully saturated rings. The van der Waals surface area contributed by atoms with Crippen LogP contribution < -0.4 is 17.0 Å². The quantitative estimate of drug-likeness (QED) is 0.202. The maximum absolute atomic E-state index is 12.6. The monoisotopic (exact) mass is 545 g/mol. The summed E-state index contributed by atoms with van der Waals surface area (Å²) in [6.45, 7) is 0.780. The van der Waals surface area contributed by atoms with Crippen LogP contribution in [0.15, 0.2) is 40.6 Å². The SMILES string of the molecule is C#C[C@@]1(COP(=O)(O)OC[C@H]2CC[C@@H](n3cnc4c(N)ncnc43)O2)C=C[C@H](n2cc(C)c(=O)[nH]c2=O)O1. The highest BCUT2D eigenvalue weighted by molar-refractivity contribution is 7.47. The molecule has 3 aromatic heterocycles. The molecule has 3 aromatic rings. The van der Waals surface area contributed by atoms with Crippen LogP contribution in [-0.2, 0) is 23.1 Å². The maximum atomic E-state index is 12.6. The van der Waals surface area contributed by atoms with Crippen molar-refractivity contribution in [2.45, 2.75) is 43.9 Å². The van der Waals surface area contributed by atoms with Gasteiger partial charge in [0, 0.05) is 11.8 Å². The molecule has 16 heteroatoms. The lowest BCUT2D eigenvalue weighted by Crippen LogP contribution is -2.37. The molecule has 0 bridgehead atoms. The summed E-state index contributed by atoms with van der Waals surface area (Å²) >= 11 is 0. The van der Waals surface area contributed by atoms with E-state index in [2.05, 4.69) is 25.9 Å². The molecule has 5 atom stereocenters. The van der Waals surface area contributed by atoms with E-state index < -0.39 is 49.8 Å². The van der Waals surface area contributed by atoms with Crippen LogP contribution >= 0.6 is 7.82 Å². The number of terminal acetylenes is 1. The smallest absolute Gasteiger partial charge is 0.382 e. The van der Waals surface area contributed by atoms with Gasteiger partial charge in [-0.3, -0.25) is 28.0 Å². The molecule has 0 radical (unpaired) electrons. The van der Waals surface area contributed by atoms with Gasteiger partial charge >= 0.3 is 13.5 Å². The number of H-pyrrole nitrogens is 1. The van der Waals surface area contributed by atoms with E-state index in [-0.39, 0.29) is 12.4 Å². The number of imidazole rings is 1. The van der Waals surface area contributed by atoms with Crippen LogP contribution in [0.25, 0.3) is 11.2 Å². The number of aromatic amines is 1. The van der Waals surface area contributed by atoms with Crippen LogP contribution in [0.3, 0.4) is 0 Å². The fourth-order valence-corrected chi connectivity index (χ4v) is 4.93. The molecule has 0 aromatic carbocycles. The Hall–Kier alpha value is -3.64. The van der Waals surface area contributed by atoms with Gasteiger partial charge in [-0.2, -0.15) is 0 Å². The number of hydrogen-bond donors (Lipinski definition) is 3. The fraction of sp³-hybridized carbons (Fsp3) is 0.409. The number of anilines is 1. The minimum Gasteiger partial charge on any atom is -0.382 e. The first-order valence-electron chi connectivity index (χ1n) is 11.5. The van der Waals surface area contributed by atoms with Gasteiger partial charge in [-0.25, -0.2) is 24.3 Å². The predicted octanol–water partition coefficient (Wildman–Crippen LogP) is 0.535. The van der Waals surface area contributed by atoms with Crippen LogP contribution in [0.2, 0.25) is 0 Å². The molecule has 0 amide bonds. The summed E-state index contributed by atoms with van der Waals surface area (Å²) < 4.78 is 37.4. The second-order valence-corrected chi connectivity index (χ2v) is 10.2.